The Balaban J connectivity index is 1.41. The first-order chi connectivity index (χ1) is 14.1. The molecular weight excluding hydrogens is 362 g/mol. The molecule has 2 unspecified atom stereocenters. The van der Waals surface area contributed by atoms with E-state index in [1.165, 1.54) is 11.6 Å². The van der Waals surface area contributed by atoms with Gasteiger partial charge in [0, 0.05) is 49.2 Å². The third-order valence-electron chi connectivity index (χ3n) is 5.46. The number of aromatic amines is 1. The summed E-state index contributed by atoms with van der Waals surface area (Å²) in [5.41, 5.74) is 2.81. The summed E-state index contributed by atoms with van der Waals surface area (Å²) in [6.45, 7) is 7.30. The Kier molecular flexibility index (Phi) is 5.71. The zero-order valence-corrected chi connectivity index (χ0v) is 16.9. The molecule has 2 atom stereocenters. The van der Waals surface area contributed by atoms with Crippen LogP contribution in [0.25, 0.3) is 11.4 Å². The molecule has 2 aromatic heterocycles. The van der Waals surface area contributed by atoms with Gasteiger partial charge in [0.15, 0.2) is 0 Å². The zero-order valence-electron chi connectivity index (χ0n) is 16.9. The highest BCUT2D eigenvalue weighted by Gasteiger charge is 2.29. The van der Waals surface area contributed by atoms with Crippen molar-refractivity contribution in [3.8, 4) is 11.4 Å². The summed E-state index contributed by atoms with van der Waals surface area (Å²) in [4.78, 5) is 26.1. The highest BCUT2D eigenvalue weighted by atomic mass is 16.1. The predicted molar refractivity (Wildman–Crippen MR) is 116 cm³/mol. The molecule has 0 saturated carbocycles. The van der Waals surface area contributed by atoms with Gasteiger partial charge in [0.1, 0.15) is 11.6 Å². The number of aromatic nitrogens is 3. The molecule has 2 N–H and O–H groups in total. The number of rotatable bonds is 6. The van der Waals surface area contributed by atoms with E-state index in [1.54, 1.807) is 6.20 Å². The summed E-state index contributed by atoms with van der Waals surface area (Å²) in [6, 6.07) is 16.4. The van der Waals surface area contributed by atoms with Crippen LogP contribution in [0.4, 0.5) is 5.82 Å². The maximum atomic E-state index is 11.8. The molecule has 0 amide bonds. The molecule has 150 valence electrons. The lowest BCUT2D eigenvalue weighted by Gasteiger charge is -2.18. The summed E-state index contributed by atoms with van der Waals surface area (Å²) in [5, 5.41) is 3.57. The van der Waals surface area contributed by atoms with E-state index in [9.17, 15) is 4.79 Å². The van der Waals surface area contributed by atoms with E-state index >= 15 is 0 Å². The van der Waals surface area contributed by atoms with E-state index in [4.69, 9.17) is 0 Å². The third-order valence-corrected chi connectivity index (χ3v) is 5.46. The van der Waals surface area contributed by atoms with Crippen molar-refractivity contribution < 1.29 is 0 Å². The van der Waals surface area contributed by atoms with E-state index in [-0.39, 0.29) is 5.56 Å². The molecule has 0 aliphatic carbocycles. The highest BCUT2D eigenvalue weighted by Crippen LogP contribution is 2.23. The Labute approximate surface area is 171 Å². The second-order valence-corrected chi connectivity index (χ2v) is 7.78. The smallest absolute Gasteiger partial charge is 0.251 e. The Morgan fingerprint density at radius 1 is 1.17 bits per heavy atom. The fourth-order valence-electron chi connectivity index (χ4n) is 3.86. The van der Waals surface area contributed by atoms with Gasteiger partial charge in [0.05, 0.1) is 0 Å². The maximum Gasteiger partial charge on any atom is 0.251 e. The number of nitrogens with one attached hydrogen (secondary N) is 2. The minimum absolute atomic E-state index is 0.132. The first kappa shape index (κ1) is 19.3. The average molecular weight is 390 g/mol. The Bertz CT molecular complexity index is 1000. The van der Waals surface area contributed by atoms with Gasteiger partial charge in [0.2, 0.25) is 0 Å². The van der Waals surface area contributed by atoms with Crippen molar-refractivity contribution >= 4 is 5.82 Å². The lowest BCUT2D eigenvalue weighted by Crippen LogP contribution is -2.28. The normalized spacial score (nSPS) is 19.4. The lowest BCUT2D eigenvalue weighted by atomic mass is 10.1. The van der Waals surface area contributed by atoms with E-state index in [0.29, 0.717) is 17.8 Å². The molecule has 1 aliphatic rings. The van der Waals surface area contributed by atoms with Crippen LogP contribution in [0.2, 0.25) is 0 Å². The number of likely N-dealkylation sites (tertiary alicyclic amines) is 1. The SMILES string of the molecule is CCc1cc(=O)[nH]c(-c2ccc(NC3CN(Cc4ccccc4)CC3C)nc2)n1. The Morgan fingerprint density at radius 2 is 2.00 bits per heavy atom. The molecule has 4 rings (SSSR count). The molecule has 0 radical (unpaired) electrons. The van der Waals surface area contributed by atoms with Crippen molar-refractivity contribution in [3.63, 3.8) is 0 Å². The first-order valence-electron chi connectivity index (χ1n) is 10.2. The van der Waals surface area contributed by atoms with Gasteiger partial charge in [-0.05, 0) is 30.0 Å². The van der Waals surface area contributed by atoms with E-state index in [1.807, 2.05) is 19.1 Å². The monoisotopic (exact) mass is 389 g/mol. The average Bonchev–Trinajstić information content (AvgIpc) is 3.07. The van der Waals surface area contributed by atoms with Crippen LogP contribution < -0.4 is 10.9 Å². The summed E-state index contributed by atoms with van der Waals surface area (Å²) in [5.74, 6) is 1.96. The Hall–Kier alpha value is -2.99. The number of aryl methyl sites for hydroxylation is 1. The van der Waals surface area contributed by atoms with E-state index in [0.717, 1.165) is 43.1 Å². The van der Waals surface area contributed by atoms with Gasteiger partial charge in [-0.3, -0.25) is 9.69 Å². The van der Waals surface area contributed by atoms with Crippen molar-refractivity contribution in [1.82, 2.24) is 19.9 Å². The lowest BCUT2D eigenvalue weighted by molar-refractivity contribution is 0.319. The molecule has 6 nitrogen and oxygen atoms in total. The molecule has 1 aromatic carbocycles. The topological polar surface area (TPSA) is 73.9 Å². The minimum atomic E-state index is -0.132. The minimum Gasteiger partial charge on any atom is -0.366 e. The molecule has 1 fully saturated rings. The predicted octanol–water partition coefficient (Wildman–Crippen LogP) is 3.33. The number of pyridine rings is 1. The Morgan fingerprint density at radius 3 is 2.72 bits per heavy atom. The number of hydrogen-bond donors (Lipinski definition) is 2. The molecule has 3 heterocycles. The second kappa shape index (κ2) is 8.57. The fraction of sp³-hybridized carbons (Fsp3) is 0.348. The molecule has 3 aromatic rings. The number of nitrogens with zero attached hydrogens (tertiary/aromatic N) is 3. The molecule has 0 spiro atoms. The van der Waals surface area contributed by atoms with Crippen molar-refractivity contribution in [2.24, 2.45) is 5.92 Å². The van der Waals surface area contributed by atoms with Crippen LogP contribution >= 0.6 is 0 Å². The molecular formula is C23H27N5O. The van der Waals surface area contributed by atoms with Gasteiger partial charge in [-0.1, -0.05) is 44.2 Å². The molecule has 0 bridgehead atoms. The van der Waals surface area contributed by atoms with Crippen LogP contribution in [0.15, 0.2) is 59.5 Å². The fourth-order valence-corrected chi connectivity index (χ4v) is 3.86. The number of anilines is 1. The van der Waals surface area contributed by atoms with Crippen LogP contribution in [0.5, 0.6) is 0 Å². The number of H-pyrrole nitrogens is 1. The summed E-state index contributed by atoms with van der Waals surface area (Å²) in [7, 11) is 0. The standard InChI is InChI=1S/C23H27N5O/c1-3-19-11-22(29)27-23(25-19)18-9-10-21(24-12-18)26-20-15-28(13-16(20)2)14-17-7-5-4-6-8-17/h4-12,16,20H,3,13-15H2,1-2H3,(H,24,26)(H,25,27,29). The van der Waals surface area contributed by atoms with Gasteiger partial charge in [-0.15, -0.1) is 0 Å². The van der Waals surface area contributed by atoms with Gasteiger partial charge in [-0.25, -0.2) is 9.97 Å². The van der Waals surface area contributed by atoms with Crippen molar-refractivity contribution in [3.05, 3.63) is 76.3 Å². The zero-order chi connectivity index (χ0) is 20.2. The first-order valence-corrected chi connectivity index (χ1v) is 10.2. The van der Waals surface area contributed by atoms with Crippen molar-refractivity contribution in [2.75, 3.05) is 18.4 Å². The molecule has 1 saturated heterocycles. The molecule has 6 heteroatoms. The molecule has 29 heavy (non-hydrogen) atoms. The van der Waals surface area contributed by atoms with E-state index in [2.05, 4.69) is 62.4 Å². The van der Waals surface area contributed by atoms with Gasteiger partial charge >= 0.3 is 0 Å². The van der Waals surface area contributed by atoms with Crippen molar-refractivity contribution in [2.45, 2.75) is 32.9 Å². The summed E-state index contributed by atoms with van der Waals surface area (Å²) in [6.07, 6.45) is 2.49. The van der Waals surface area contributed by atoms with Crippen LogP contribution in [0.1, 0.15) is 25.1 Å². The third kappa shape index (κ3) is 4.71. The van der Waals surface area contributed by atoms with Crippen LogP contribution in [0, 0.1) is 5.92 Å². The molecule has 1 aliphatic heterocycles. The van der Waals surface area contributed by atoms with Gasteiger partial charge in [-0.2, -0.15) is 0 Å². The van der Waals surface area contributed by atoms with Crippen molar-refractivity contribution in [1.29, 1.82) is 0 Å². The largest absolute Gasteiger partial charge is 0.366 e. The number of hydrogen-bond acceptors (Lipinski definition) is 5. The van der Waals surface area contributed by atoms with Crippen LogP contribution in [0.3, 0.4) is 0 Å². The number of benzene rings is 1. The van der Waals surface area contributed by atoms with Crippen LogP contribution in [-0.2, 0) is 13.0 Å². The maximum absolute atomic E-state index is 11.8. The van der Waals surface area contributed by atoms with Gasteiger partial charge in [0.25, 0.3) is 5.56 Å². The second-order valence-electron chi connectivity index (χ2n) is 7.78. The van der Waals surface area contributed by atoms with Crippen LogP contribution in [-0.4, -0.2) is 39.0 Å². The van der Waals surface area contributed by atoms with Gasteiger partial charge < -0.3 is 10.3 Å². The summed E-state index contributed by atoms with van der Waals surface area (Å²) >= 11 is 0. The summed E-state index contributed by atoms with van der Waals surface area (Å²) < 4.78 is 0. The quantitative estimate of drug-likeness (QED) is 0.676. The van der Waals surface area contributed by atoms with E-state index < -0.39 is 0 Å². The highest BCUT2D eigenvalue weighted by molar-refractivity contribution is 5.56.